The quantitative estimate of drug-likeness (QED) is 0.774. The maximum absolute atomic E-state index is 12.7. The smallest absolute Gasteiger partial charge is 0.407 e. The number of anilines is 1. The van der Waals surface area contributed by atoms with Gasteiger partial charge in [-0.1, -0.05) is 12.1 Å². The summed E-state index contributed by atoms with van der Waals surface area (Å²) in [6, 6.07) is 9.58. The summed E-state index contributed by atoms with van der Waals surface area (Å²) >= 11 is 0. The van der Waals surface area contributed by atoms with Crippen molar-refractivity contribution in [1.29, 1.82) is 0 Å². The lowest BCUT2D eigenvalue weighted by Crippen LogP contribution is -2.61. The molecule has 0 unspecified atom stereocenters. The summed E-state index contributed by atoms with van der Waals surface area (Å²) in [6.07, 6.45) is 3.11. The maximum Gasteiger partial charge on any atom is 0.407 e. The van der Waals surface area contributed by atoms with Crippen molar-refractivity contribution in [1.82, 2.24) is 15.2 Å². The summed E-state index contributed by atoms with van der Waals surface area (Å²) in [5.41, 5.74) is 3.87. The predicted octanol–water partition coefficient (Wildman–Crippen LogP) is 3.40. The van der Waals surface area contributed by atoms with Gasteiger partial charge in [0.15, 0.2) is 0 Å². The minimum atomic E-state index is -0.556. The van der Waals surface area contributed by atoms with Crippen LogP contribution in [0.1, 0.15) is 50.2 Å². The van der Waals surface area contributed by atoms with Crippen molar-refractivity contribution in [3.05, 3.63) is 47.8 Å². The van der Waals surface area contributed by atoms with E-state index < -0.39 is 11.7 Å². The van der Waals surface area contributed by atoms with Crippen LogP contribution < -0.4 is 10.2 Å². The number of nitrogens with one attached hydrogen (secondary N) is 1. The van der Waals surface area contributed by atoms with Gasteiger partial charge < -0.3 is 19.9 Å². The molecular formula is C25H30N4O4. The number of aryl methyl sites for hydroxylation is 1. The van der Waals surface area contributed by atoms with Crippen molar-refractivity contribution in [3.63, 3.8) is 0 Å². The molecule has 1 aromatic carbocycles. The molecule has 0 saturated carbocycles. The second-order valence-electron chi connectivity index (χ2n) is 9.60. The van der Waals surface area contributed by atoms with E-state index in [-0.39, 0.29) is 17.9 Å². The number of pyridine rings is 1. The second kappa shape index (κ2) is 8.84. The van der Waals surface area contributed by atoms with E-state index in [0.29, 0.717) is 18.8 Å². The van der Waals surface area contributed by atoms with Gasteiger partial charge in [0.2, 0.25) is 5.91 Å². The van der Waals surface area contributed by atoms with Gasteiger partial charge in [-0.2, -0.15) is 0 Å². The molecule has 0 aliphatic carbocycles. The van der Waals surface area contributed by atoms with Crippen LogP contribution in [0.5, 0.6) is 0 Å². The number of hydrogen-bond acceptors (Lipinski definition) is 5. The van der Waals surface area contributed by atoms with E-state index in [1.807, 2.05) is 43.9 Å². The van der Waals surface area contributed by atoms with E-state index in [1.54, 1.807) is 24.1 Å². The number of carbonyl (C=O) groups excluding carboxylic acids is 3. The number of rotatable bonds is 3. The molecule has 3 amide bonds. The topological polar surface area (TPSA) is 91.8 Å². The predicted molar refractivity (Wildman–Crippen MR) is 125 cm³/mol. The molecule has 1 aromatic heterocycles. The molecule has 0 atom stereocenters. The molecule has 1 fully saturated rings. The minimum Gasteiger partial charge on any atom is -0.444 e. The van der Waals surface area contributed by atoms with E-state index in [0.717, 1.165) is 41.8 Å². The van der Waals surface area contributed by atoms with E-state index in [4.69, 9.17) is 4.74 Å². The molecule has 1 N–H and O–H groups in total. The lowest BCUT2D eigenvalue weighted by molar-refractivity contribution is -0.116. The highest BCUT2D eigenvalue weighted by atomic mass is 16.6. The molecule has 174 valence electrons. The summed E-state index contributed by atoms with van der Waals surface area (Å²) in [4.78, 5) is 44.3. The van der Waals surface area contributed by atoms with E-state index in [1.165, 1.54) is 0 Å². The molecule has 3 heterocycles. The van der Waals surface area contributed by atoms with Crippen LogP contribution in [0.15, 0.2) is 36.5 Å². The zero-order valence-corrected chi connectivity index (χ0v) is 19.6. The van der Waals surface area contributed by atoms with Crippen LogP contribution in [0.2, 0.25) is 0 Å². The highest BCUT2D eigenvalue weighted by Gasteiger charge is 2.33. The van der Waals surface area contributed by atoms with Crippen molar-refractivity contribution in [3.8, 4) is 11.1 Å². The molecule has 0 bridgehead atoms. The number of benzene rings is 1. The first-order valence-corrected chi connectivity index (χ1v) is 11.3. The molecular weight excluding hydrogens is 420 g/mol. The van der Waals surface area contributed by atoms with Crippen molar-refractivity contribution in [2.24, 2.45) is 0 Å². The Kier molecular flexibility index (Phi) is 6.10. The third-order valence-electron chi connectivity index (χ3n) is 5.78. The van der Waals surface area contributed by atoms with Crippen molar-refractivity contribution in [2.75, 3.05) is 24.5 Å². The van der Waals surface area contributed by atoms with Crippen LogP contribution in [0.25, 0.3) is 11.1 Å². The average molecular weight is 451 g/mol. The number of likely N-dealkylation sites (tertiary alicyclic amines) is 1. The number of aromatic nitrogens is 1. The summed E-state index contributed by atoms with van der Waals surface area (Å²) in [7, 11) is 0. The van der Waals surface area contributed by atoms with Crippen LogP contribution in [-0.4, -0.2) is 59.1 Å². The molecule has 0 radical (unpaired) electrons. The summed E-state index contributed by atoms with van der Waals surface area (Å²) in [6.45, 7) is 8.63. The molecule has 8 heteroatoms. The van der Waals surface area contributed by atoms with Gasteiger partial charge in [0.1, 0.15) is 11.3 Å². The van der Waals surface area contributed by atoms with Crippen LogP contribution in [0.3, 0.4) is 0 Å². The van der Waals surface area contributed by atoms with Gasteiger partial charge >= 0.3 is 6.09 Å². The monoisotopic (exact) mass is 450 g/mol. The SMILES string of the molecule is CC(=O)N1CCCc2cc(-c3ccc(C(=O)N4CC(NC(=O)OC(C)(C)C)C4)nc3)ccc21. The molecule has 2 aliphatic heterocycles. The standard InChI is InChI=1S/C25H30N4O4/c1-16(30)29-11-5-6-18-12-17(8-10-22(18)29)19-7-9-21(26-13-19)23(31)28-14-20(15-28)27-24(32)33-25(2,3)4/h7-10,12-13,20H,5-6,11,14-15H2,1-4H3,(H,27,32). The third-order valence-corrected chi connectivity index (χ3v) is 5.78. The number of carbonyl (C=O) groups is 3. The zero-order chi connectivity index (χ0) is 23.8. The van der Waals surface area contributed by atoms with Gasteiger partial charge in [0, 0.05) is 44.0 Å². The summed E-state index contributed by atoms with van der Waals surface area (Å²) in [5, 5.41) is 2.77. The van der Waals surface area contributed by atoms with Gasteiger partial charge in [-0.3, -0.25) is 14.6 Å². The van der Waals surface area contributed by atoms with Gasteiger partial charge in [0.25, 0.3) is 5.91 Å². The molecule has 2 aromatic rings. The number of alkyl carbamates (subject to hydrolysis) is 1. The Balaban J connectivity index is 1.37. The molecule has 4 rings (SSSR count). The zero-order valence-electron chi connectivity index (χ0n) is 19.6. The van der Waals surface area contributed by atoms with Gasteiger partial charge in [-0.05, 0) is 62.9 Å². The Hall–Kier alpha value is -3.42. The molecule has 33 heavy (non-hydrogen) atoms. The van der Waals surface area contributed by atoms with Crippen molar-refractivity contribution >= 4 is 23.6 Å². The number of hydrogen-bond donors (Lipinski definition) is 1. The van der Waals surface area contributed by atoms with Crippen LogP contribution in [0.4, 0.5) is 10.5 Å². The highest BCUT2D eigenvalue weighted by molar-refractivity contribution is 5.94. The minimum absolute atomic E-state index is 0.0581. The Morgan fingerprint density at radius 3 is 2.45 bits per heavy atom. The Labute approximate surface area is 193 Å². The first-order chi connectivity index (χ1) is 15.6. The van der Waals surface area contributed by atoms with E-state index >= 15 is 0 Å². The first kappa shape index (κ1) is 22.8. The van der Waals surface area contributed by atoms with Crippen molar-refractivity contribution in [2.45, 2.75) is 52.2 Å². The third kappa shape index (κ3) is 5.16. The number of nitrogens with zero attached hydrogens (tertiary/aromatic N) is 3. The van der Waals surface area contributed by atoms with Gasteiger partial charge in [-0.15, -0.1) is 0 Å². The van der Waals surface area contributed by atoms with Crippen molar-refractivity contribution < 1.29 is 19.1 Å². The fourth-order valence-corrected chi connectivity index (χ4v) is 4.17. The van der Waals surface area contributed by atoms with Crippen LogP contribution >= 0.6 is 0 Å². The fraction of sp³-hybridized carbons (Fsp3) is 0.440. The fourth-order valence-electron chi connectivity index (χ4n) is 4.17. The Morgan fingerprint density at radius 2 is 1.82 bits per heavy atom. The van der Waals surface area contributed by atoms with E-state index in [2.05, 4.69) is 16.4 Å². The molecule has 1 saturated heterocycles. The largest absolute Gasteiger partial charge is 0.444 e. The Bertz CT molecular complexity index is 1070. The number of ether oxygens (including phenoxy) is 1. The molecule has 2 aliphatic rings. The lowest BCUT2D eigenvalue weighted by Gasteiger charge is -2.39. The van der Waals surface area contributed by atoms with Gasteiger partial charge in [0.05, 0.1) is 6.04 Å². The number of fused-ring (bicyclic) bond motifs is 1. The molecule has 8 nitrogen and oxygen atoms in total. The number of amides is 3. The first-order valence-electron chi connectivity index (χ1n) is 11.3. The summed E-state index contributed by atoms with van der Waals surface area (Å²) < 4.78 is 5.25. The Morgan fingerprint density at radius 1 is 1.09 bits per heavy atom. The highest BCUT2D eigenvalue weighted by Crippen LogP contribution is 2.31. The maximum atomic E-state index is 12.7. The normalized spacial score (nSPS) is 16.0. The van der Waals surface area contributed by atoms with Crippen LogP contribution in [-0.2, 0) is 16.0 Å². The second-order valence-corrected chi connectivity index (χ2v) is 9.60. The average Bonchev–Trinajstić information content (AvgIpc) is 2.73. The van der Waals surface area contributed by atoms with E-state index in [9.17, 15) is 14.4 Å². The van der Waals surface area contributed by atoms with Gasteiger partial charge in [-0.25, -0.2) is 4.79 Å². The summed E-state index contributed by atoms with van der Waals surface area (Å²) in [5.74, 6) is -0.103. The van der Waals surface area contributed by atoms with Crippen LogP contribution in [0, 0.1) is 0 Å². The molecule has 0 spiro atoms. The lowest BCUT2D eigenvalue weighted by atomic mass is 9.96.